The first-order chi connectivity index (χ1) is 9.65. The van der Waals surface area contributed by atoms with Crippen molar-refractivity contribution < 1.29 is 4.74 Å². The van der Waals surface area contributed by atoms with Crippen LogP contribution in [0.2, 0.25) is 0 Å². The molecule has 0 saturated carbocycles. The van der Waals surface area contributed by atoms with E-state index in [-0.39, 0.29) is 0 Å². The number of hydrogen-bond acceptors (Lipinski definition) is 3. The molecule has 3 nitrogen and oxygen atoms in total. The molecule has 1 aliphatic heterocycles. The van der Waals surface area contributed by atoms with Crippen molar-refractivity contribution in [2.75, 3.05) is 39.4 Å². The van der Waals surface area contributed by atoms with E-state index >= 15 is 0 Å². The zero-order valence-electron chi connectivity index (χ0n) is 13.1. The first kappa shape index (κ1) is 15.5. The zero-order chi connectivity index (χ0) is 14.4. The number of benzene rings is 1. The first-order valence-corrected chi connectivity index (χ1v) is 7.75. The van der Waals surface area contributed by atoms with E-state index in [1.165, 1.54) is 16.7 Å². The maximum absolute atomic E-state index is 5.38. The number of nitrogens with zero attached hydrogens (tertiary/aromatic N) is 1. The summed E-state index contributed by atoms with van der Waals surface area (Å²) in [4.78, 5) is 2.49. The fraction of sp³-hybridized carbons (Fsp3) is 0.647. The molecule has 112 valence electrons. The fourth-order valence-corrected chi connectivity index (χ4v) is 2.76. The lowest BCUT2D eigenvalue weighted by molar-refractivity contribution is 0.0344. The summed E-state index contributed by atoms with van der Waals surface area (Å²) < 4.78 is 5.38. The molecular formula is C17H28N2O. The molecule has 1 aromatic carbocycles. The molecule has 1 unspecified atom stereocenters. The first-order valence-electron chi connectivity index (χ1n) is 7.75. The van der Waals surface area contributed by atoms with Gasteiger partial charge in [-0.05, 0) is 44.9 Å². The molecule has 1 aromatic rings. The number of aryl methyl sites for hydroxylation is 2. The lowest BCUT2D eigenvalue weighted by atomic mass is 10.0. The lowest BCUT2D eigenvalue weighted by Crippen LogP contribution is -2.44. The highest BCUT2D eigenvalue weighted by molar-refractivity contribution is 5.30. The molecule has 0 radical (unpaired) electrons. The van der Waals surface area contributed by atoms with E-state index in [1.54, 1.807) is 0 Å². The van der Waals surface area contributed by atoms with Gasteiger partial charge < -0.3 is 10.1 Å². The highest BCUT2D eigenvalue weighted by Gasteiger charge is 2.13. The van der Waals surface area contributed by atoms with Gasteiger partial charge in [-0.3, -0.25) is 4.90 Å². The number of hydrogen-bond donors (Lipinski definition) is 1. The van der Waals surface area contributed by atoms with Crippen LogP contribution in [0.15, 0.2) is 18.2 Å². The van der Waals surface area contributed by atoms with Crippen LogP contribution in [0.1, 0.15) is 23.6 Å². The van der Waals surface area contributed by atoms with E-state index in [0.29, 0.717) is 6.04 Å². The molecule has 0 aliphatic carbocycles. The largest absolute Gasteiger partial charge is 0.379 e. The van der Waals surface area contributed by atoms with E-state index in [0.717, 1.165) is 45.8 Å². The molecule has 20 heavy (non-hydrogen) atoms. The molecule has 3 heteroatoms. The number of ether oxygens (including phenoxy) is 1. The van der Waals surface area contributed by atoms with E-state index in [2.05, 4.69) is 49.2 Å². The minimum Gasteiger partial charge on any atom is -0.379 e. The van der Waals surface area contributed by atoms with E-state index in [1.807, 2.05) is 0 Å². The van der Waals surface area contributed by atoms with Gasteiger partial charge in [-0.25, -0.2) is 0 Å². The van der Waals surface area contributed by atoms with Crippen molar-refractivity contribution in [3.8, 4) is 0 Å². The van der Waals surface area contributed by atoms with Crippen LogP contribution in [-0.4, -0.2) is 50.3 Å². The van der Waals surface area contributed by atoms with Gasteiger partial charge in [0.15, 0.2) is 0 Å². The van der Waals surface area contributed by atoms with Crippen LogP contribution in [0.5, 0.6) is 0 Å². The van der Waals surface area contributed by atoms with Crippen LogP contribution < -0.4 is 5.32 Å². The van der Waals surface area contributed by atoms with Gasteiger partial charge in [-0.2, -0.15) is 0 Å². The Kier molecular flexibility index (Phi) is 6.02. The maximum atomic E-state index is 5.38. The summed E-state index contributed by atoms with van der Waals surface area (Å²) in [6, 6.07) is 7.26. The Morgan fingerprint density at radius 2 is 2.00 bits per heavy atom. The van der Waals surface area contributed by atoms with Crippen LogP contribution in [0.3, 0.4) is 0 Å². The third-order valence-corrected chi connectivity index (χ3v) is 4.03. The summed E-state index contributed by atoms with van der Waals surface area (Å²) in [6.07, 6.45) is 1.11. The quantitative estimate of drug-likeness (QED) is 0.862. The summed E-state index contributed by atoms with van der Waals surface area (Å²) in [5.41, 5.74) is 4.22. The topological polar surface area (TPSA) is 24.5 Å². The summed E-state index contributed by atoms with van der Waals surface area (Å²) in [6.45, 7) is 12.7. The molecule has 1 saturated heterocycles. The van der Waals surface area contributed by atoms with Gasteiger partial charge in [0.1, 0.15) is 0 Å². The summed E-state index contributed by atoms with van der Waals surface area (Å²) in [5.74, 6) is 0. The average molecular weight is 276 g/mol. The predicted octanol–water partition coefficient (Wildman–Crippen LogP) is 2.16. The van der Waals surface area contributed by atoms with Gasteiger partial charge in [-0.1, -0.05) is 23.8 Å². The van der Waals surface area contributed by atoms with Crippen molar-refractivity contribution in [3.63, 3.8) is 0 Å². The fourth-order valence-electron chi connectivity index (χ4n) is 2.76. The molecule has 1 fully saturated rings. The number of rotatable bonds is 6. The van der Waals surface area contributed by atoms with Crippen molar-refractivity contribution in [1.82, 2.24) is 10.2 Å². The molecule has 1 aliphatic rings. The minimum absolute atomic E-state index is 0.540. The second-order valence-electron chi connectivity index (χ2n) is 5.95. The minimum atomic E-state index is 0.540. The Hall–Kier alpha value is -0.900. The zero-order valence-corrected chi connectivity index (χ0v) is 13.1. The SMILES string of the molecule is Cc1ccc(C)c(CCNC(C)CN2CCOCC2)c1. The van der Waals surface area contributed by atoms with Crippen molar-refractivity contribution in [1.29, 1.82) is 0 Å². The van der Waals surface area contributed by atoms with Gasteiger partial charge >= 0.3 is 0 Å². The number of morpholine rings is 1. The normalized spacial score (nSPS) is 18.1. The van der Waals surface area contributed by atoms with Crippen LogP contribution in [0.25, 0.3) is 0 Å². The summed E-state index contributed by atoms with van der Waals surface area (Å²) >= 11 is 0. The van der Waals surface area contributed by atoms with Crippen LogP contribution in [0, 0.1) is 13.8 Å². The van der Waals surface area contributed by atoms with Crippen molar-refractivity contribution in [2.45, 2.75) is 33.2 Å². The van der Waals surface area contributed by atoms with Crippen LogP contribution >= 0.6 is 0 Å². The Bertz CT molecular complexity index is 413. The molecule has 1 atom stereocenters. The predicted molar refractivity (Wildman–Crippen MR) is 84.3 cm³/mol. The molecule has 0 amide bonds. The Morgan fingerprint density at radius 1 is 1.25 bits per heavy atom. The molecule has 0 aromatic heterocycles. The molecule has 1 heterocycles. The van der Waals surface area contributed by atoms with Gasteiger partial charge in [0.25, 0.3) is 0 Å². The summed E-state index contributed by atoms with van der Waals surface area (Å²) in [5, 5.41) is 3.64. The van der Waals surface area contributed by atoms with Crippen molar-refractivity contribution in [3.05, 3.63) is 34.9 Å². The van der Waals surface area contributed by atoms with Gasteiger partial charge in [0, 0.05) is 25.7 Å². The second-order valence-corrected chi connectivity index (χ2v) is 5.95. The average Bonchev–Trinajstić information content (AvgIpc) is 2.44. The molecule has 0 bridgehead atoms. The number of nitrogens with one attached hydrogen (secondary N) is 1. The highest BCUT2D eigenvalue weighted by Crippen LogP contribution is 2.11. The van der Waals surface area contributed by atoms with E-state index in [4.69, 9.17) is 4.74 Å². The molecular weight excluding hydrogens is 248 g/mol. The Labute approximate surface area is 123 Å². The van der Waals surface area contributed by atoms with Gasteiger partial charge in [0.05, 0.1) is 13.2 Å². The van der Waals surface area contributed by atoms with E-state index < -0.39 is 0 Å². The third kappa shape index (κ3) is 4.89. The lowest BCUT2D eigenvalue weighted by Gasteiger charge is -2.29. The molecule has 0 spiro atoms. The van der Waals surface area contributed by atoms with Crippen molar-refractivity contribution in [2.24, 2.45) is 0 Å². The van der Waals surface area contributed by atoms with Crippen LogP contribution in [0.4, 0.5) is 0 Å². The van der Waals surface area contributed by atoms with Gasteiger partial charge in [0.2, 0.25) is 0 Å². The van der Waals surface area contributed by atoms with Gasteiger partial charge in [-0.15, -0.1) is 0 Å². The van der Waals surface area contributed by atoms with Crippen LogP contribution in [-0.2, 0) is 11.2 Å². The maximum Gasteiger partial charge on any atom is 0.0594 e. The molecule has 1 N–H and O–H groups in total. The Balaban J connectivity index is 1.70. The third-order valence-electron chi connectivity index (χ3n) is 4.03. The standard InChI is InChI=1S/C17H28N2O/c1-14-4-5-15(2)17(12-14)6-7-18-16(3)13-19-8-10-20-11-9-19/h4-5,12,16,18H,6-11,13H2,1-3H3. The highest BCUT2D eigenvalue weighted by atomic mass is 16.5. The Morgan fingerprint density at radius 3 is 2.75 bits per heavy atom. The summed E-state index contributed by atoms with van der Waals surface area (Å²) in [7, 11) is 0. The van der Waals surface area contributed by atoms with Crippen molar-refractivity contribution >= 4 is 0 Å². The second kappa shape index (κ2) is 7.77. The molecule has 2 rings (SSSR count). The smallest absolute Gasteiger partial charge is 0.0594 e. The monoisotopic (exact) mass is 276 g/mol. The van der Waals surface area contributed by atoms with E-state index in [9.17, 15) is 0 Å².